The number of carbonyl (C=O) groups is 1. The third-order valence-electron chi connectivity index (χ3n) is 5.65. The van der Waals surface area contributed by atoms with Gasteiger partial charge in [0.1, 0.15) is 5.83 Å². The Bertz CT molecular complexity index is 987. The number of likely N-dealkylation sites (tertiary alicyclic amines) is 1. The highest BCUT2D eigenvalue weighted by molar-refractivity contribution is 5.96. The van der Waals surface area contributed by atoms with Crippen LogP contribution in [0.1, 0.15) is 40.7 Å². The number of benzene rings is 1. The van der Waals surface area contributed by atoms with Crippen molar-refractivity contribution in [3.8, 4) is 0 Å². The number of hydrogen-bond donors (Lipinski definition) is 2. The molecule has 0 bridgehead atoms. The van der Waals surface area contributed by atoms with Crippen LogP contribution in [-0.4, -0.2) is 45.1 Å². The van der Waals surface area contributed by atoms with Gasteiger partial charge in [-0.15, -0.1) is 0 Å². The average Bonchev–Trinajstić information content (AvgIpc) is 3.17. The second kappa shape index (κ2) is 7.75. The van der Waals surface area contributed by atoms with E-state index in [2.05, 4.69) is 9.97 Å². The molecule has 29 heavy (non-hydrogen) atoms. The first-order valence-electron chi connectivity index (χ1n) is 9.67. The molecule has 1 aliphatic heterocycles. The third-order valence-corrected chi connectivity index (χ3v) is 5.65. The molecule has 2 aromatic rings. The van der Waals surface area contributed by atoms with E-state index in [1.54, 1.807) is 17.0 Å². The number of nitrogen functional groups attached to an aromatic ring is 1. The van der Waals surface area contributed by atoms with Gasteiger partial charge in [-0.05, 0) is 18.1 Å². The number of β-amino-alcohol motifs (C(OH)–C–C–N with tert-alkyl or cyclic N) is 1. The topological polar surface area (TPSA) is 92.3 Å². The summed E-state index contributed by atoms with van der Waals surface area (Å²) in [6, 6.07) is 7.31. The molecule has 1 saturated heterocycles. The quantitative estimate of drug-likeness (QED) is 0.835. The standard InChI is InChI=1S/C22H23FN4O2/c1-13-16(6-7-17(20(13)23)14-10-25-22(24)26-11-14)18-4-2-3-5-19(18)21(29)27-9-8-15(28)12-27/h2-7,10-11,13,15-16,28H,8-9,12H2,1H3,(H2,24,25,26)/t13?,15-,16?/m0/s1. The largest absolute Gasteiger partial charge is 0.391 e. The van der Waals surface area contributed by atoms with Gasteiger partial charge in [-0.1, -0.05) is 37.3 Å². The minimum absolute atomic E-state index is 0.125. The SMILES string of the molecule is CC1C(F)=C(c2cnc(N)nc2)C=CC1c1ccccc1C(=O)N1CC[C@H](O)C1. The van der Waals surface area contributed by atoms with Crippen LogP contribution in [0.3, 0.4) is 0 Å². The summed E-state index contributed by atoms with van der Waals surface area (Å²) in [5, 5.41) is 9.77. The summed E-state index contributed by atoms with van der Waals surface area (Å²) >= 11 is 0. The number of allylic oxidation sites excluding steroid dienone is 4. The Morgan fingerprint density at radius 2 is 2.00 bits per heavy atom. The Morgan fingerprint density at radius 1 is 1.28 bits per heavy atom. The van der Waals surface area contributed by atoms with Crippen LogP contribution < -0.4 is 5.73 Å². The maximum atomic E-state index is 15.3. The Labute approximate surface area is 168 Å². The molecule has 0 spiro atoms. The fourth-order valence-electron chi connectivity index (χ4n) is 4.01. The molecule has 2 heterocycles. The van der Waals surface area contributed by atoms with Crippen LogP contribution in [0.25, 0.3) is 5.57 Å². The number of aliphatic hydroxyl groups excluding tert-OH is 1. The van der Waals surface area contributed by atoms with Gasteiger partial charge in [0, 0.05) is 54.0 Å². The summed E-state index contributed by atoms with van der Waals surface area (Å²) in [7, 11) is 0. The first-order valence-corrected chi connectivity index (χ1v) is 9.67. The second-order valence-electron chi connectivity index (χ2n) is 7.55. The molecule has 7 heteroatoms. The van der Waals surface area contributed by atoms with E-state index in [4.69, 9.17) is 5.73 Å². The van der Waals surface area contributed by atoms with Gasteiger partial charge in [0.25, 0.3) is 5.91 Å². The highest BCUT2D eigenvalue weighted by Crippen LogP contribution is 2.41. The molecule has 1 amide bonds. The number of amides is 1. The van der Waals surface area contributed by atoms with Crippen molar-refractivity contribution in [1.29, 1.82) is 0 Å². The lowest BCUT2D eigenvalue weighted by atomic mass is 9.78. The van der Waals surface area contributed by atoms with Crippen molar-refractivity contribution in [1.82, 2.24) is 14.9 Å². The molecule has 4 rings (SSSR count). The smallest absolute Gasteiger partial charge is 0.254 e. The molecular formula is C22H23FN4O2. The summed E-state index contributed by atoms with van der Waals surface area (Å²) < 4.78 is 15.3. The summed E-state index contributed by atoms with van der Waals surface area (Å²) in [4.78, 5) is 22.6. The van der Waals surface area contributed by atoms with E-state index >= 15 is 4.39 Å². The number of halogens is 1. The van der Waals surface area contributed by atoms with Crippen LogP contribution in [0.4, 0.5) is 10.3 Å². The molecule has 0 radical (unpaired) electrons. The summed E-state index contributed by atoms with van der Waals surface area (Å²) in [6.07, 6.45) is 6.75. The van der Waals surface area contributed by atoms with E-state index in [0.29, 0.717) is 36.2 Å². The average molecular weight is 394 g/mol. The van der Waals surface area contributed by atoms with Crippen molar-refractivity contribution in [2.75, 3.05) is 18.8 Å². The van der Waals surface area contributed by atoms with Crippen LogP contribution in [-0.2, 0) is 0 Å². The van der Waals surface area contributed by atoms with Crippen LogP contribution >= 0.6 is 0 Å². The van der Waals surface area contributed by atoms with Crippen LogP contribution in [0, 0.1) is 5.92 Å². The predicted octanol–water partition coefficient (Wildman–Crippen LogP) is 2.94. The zero-order valence-corrected chi connectivity index (χ0v) is 16.1. The fraction of sp³-hybridized carbons (Fsp3) is 0.318. The third kappa shape index (κ3) is 3.65. The molecule has 150 valence electrons. The first-order chi connectivity index (χ1) is 14.0. The van der Waals surface area contributed by atoms with Gasteiger partial charge in [0.15, 0.2) is 0 Å². The molecule has 1 aliphatic carbocycles. The molecular weight excluding hydrogens is 371 g/mol. The van der Waals surface area contributed by atoms with Gasteiger partial charge in [-0.3, -0.25) is 4.79 Å². The highest BCUT2D eigenvalue weighted by atomic mass is 19.1. The number of aliphatic hydroxyl groups is 1. The first kappa shape index (κ1) is 19.3. The molecule has 1 fully saturated rings. The fourth-order valence-corrected chi connectivity index (χ4v) is 4.01. The minimum Gasteiger partial charge on any atom is -0.391 e. The molecule has 2 unspecified atom stereocenters. The predicted molar refractivity (Wildman–Crippen MR) is 108 cm³/mol. The van der Waals surface area contributed by atoms with Crippen LogP contribution in [0.2, 0.25) is 0 Å². The van der Waals surface area contributed by atoms with E-state index in [-0.39, 0.29) is 23.6 Å². The zero-order valence-electron chi connectivity index (χ0n) is 16.1. The summed E-state index contributed by atoms with van der Waals surface area (Å²) in [6.45, 7) is 2.67. The molecule has 3 N–H and O–H groups in total. The van der Waals surface area contributed by atoms with Crippen molar-refractivity contribution in [2.45, 2.75) is 25.4 Å². The van der Waals surface area contributed by atoms with Crippen LogP contribution in [0.5, 0.6) is 0 Å². The van der Waals surface area contributed by atoms with E-state index in [0.717, 1.165) is 5.56 Å². The van der Waals surface area contributed by atoms with Crippen molar-refractivity contribution >= 4 is 17.4 Å². The highest BCUT2D eigenvalue weighted by Gasteiger charge is 2.32. The van der Waals surface area contributed by atoms with Gasteiger partial charge >= 0.3 is 0 Å². The maximum Gasteiger partial charge on any atom is 0.254 e. The zero-order chi connectivity index (χ0) is 20.5. The molecule has 2 aliphatic rings. The number of rotatable bonds is 3. The van der Waals surface area contributed by atoms with E-state index in [9.17, 15) is 9.90 Å². The van der Waals surface area contributed by atoms with Crippen molar-refractivity contribution < 1.29 is 14.3 Å². The lowest BCUT2D eigenvalue weighted by Gasteiger charge is -2.28. The van der Waals surface area contributed by atoms with Gasteiger partial charge < -0.3 is 15.7 Å². The summed E-state index contributed by atoms with van der Waals surface area (Å²) in [5.74, 6) is -0.990. The van der Waals surface area contributed by atoms with Crippen molar-refractivity contribution in [3.63, 3.8) is 0 Å². The van der Waals surface area contributed by atoms with E-state index in [1.807, 2.05) is 31.2 Å². The second-order valence-corrected chi connectivity index (χ2v) is 7.55. The number of aromatic nitrogens is 2. The Kier molecular flexibility index (Phi) is 5.15. The number of anilines is 1. The monoisotopic (exact) mass is 394 g/mol. The summed E-state index contributed by atoms with van der Waals surface area (Å²) in [5.41, 5.74) is 7.85. The molecule has 1 aromatic heterocycles. The van der Waals surface area contributed by atoms with Crippen LogP contribution in [0.15, 0.2) is 54.6 Å². The Balaban J connectivity index is 1.65. The number of nitrogens with zero attached hydrogens (tertiary/aromatic N) is 3. The number of carbonyl (C=O) groups excluding carboxylic acids is 1. The van der Waals surface area contributed by atoms with Crippen molar-refractivity contribution in [2.24, 2.45) is 5.92 Å². The minimum atomic E-state index is -0.482. The van der Waals surface area contributed by atoms with E-state index in [1.165, 1.54) is 12.4 Å². The Hall–Kier alpha value is -3.06. The lowest BCUT2D eigenvalue weighted by molar-refractivity contribution is 0.0763. The molecule has 0 saturated carbocycles. The van der Waals surface area contributed by atoms with Gasteiger partial charge in [-0.2, -0.15) is 0 Å². The van der Waals surface area contributed by atoms with Gasteiger partial charge in [-0.25, -0.2) is 14.4 Å². The Morgan fingerprint density at radius 3 is 2.69 bits per heavy atom. The maximum absolute atomic E-state index is 15.3. The van der Waals surface area contributed by atoms with Gasteiger partial charge in [0.2, 0.25) is 5.95 Å². The molecule has 6 nitrogen and oxygen atoms in total. The van der Waals surface area contributed by atoms with Gasteiger partial charge in [0.05, 0.1) is 6.10 Å². The van der Waals surface area contributed by atoms with Crippen molar-refractivity contribution in [3.05, 3.63) is 71.3 Å². The number of nitrogens with two attached hydrogens (primary N) is 1. The normalized spacial score (nSPS) is 24.2. The number of hydrogen-bond acceptors (Lipinski definition) is 5. The molecule has 3 atom stereocenters. The van der Waals surface area contributed by atoms with E-state index < -0.39 is 12.0 Å². The lowest BCUT2D eigenvalue weighted by Crippen LogP contribution is -2.31. The molecule has 1 aromatic carbocycles.